The van der Waals surface area contributed by atoms with Crippen molar-refractivity contribution in [3.05, 3.63) is 70.4 Å². The number of rotatable bonds is 8. The van der Waals surface area contributed by atoms with Crippen molar-refractivity contribution in [1.82, 2.24) is 19.7 Å². The first kappa shape index (κ1) is 33.0. The van der Waals surface area contributed by atoms with Crippen molar-refractivity contribution in [3.8, 4) is 21.7 Å². The van der Waals surface area contributed by atoms with Crippen LogP contribution in [-0.4, -0.2) is 68.7 Å². The van der Waals surface area contributed by atoms with Crippen molar-refractivity contribution >= 4 is 50.0 Å². The van der Waals surface area contributed by atoms with Gasteiger partial charge in [-0.3, -0.25) is 4.90 Å². The highest BCUT2D eigenvalue weighted by molar-refractivity contribution is 7.22. The lowest BCUT2D eigenvalue weighted by Crippen LogP contribution is -2.51. The second kappa shape index (κ2) is 12.8. The Labute approximate surface area is 286 Å². The van der Waals surface area contributed by atoms with Crippen molar-refractivity contribution < 1.29 is 28.2 Å². The second-order valence-corrected chi connectivity index (χ2v) is 15.1. The quantitative estimate of drug-likeness (QED) is 0.174. The molecule has 2 fully saturated rings. The van der Waals surface area contributed by atoms with Crippen LogP contribution >= 0.6 is 22.9 Å². The summed E-state index contributed by atoms with van der Waals surface area (Å²) in [6.07, 6.45) is 0.448. The molecule has 7 rings (SSSR count). The highest BCUT2D eigenvalue weighted by Gasteiger charge is 2.34. The number of aromatic nitrogens is 3. The number of hydrogen-bond donors (Lipinski definition) is 1. The van der Waals surface area contributed by atoms with Gasteiger partial charge in [0.05, 0.1) is 46.3 Å². The number of aliphatic carboxylic acids is 1. The van der Waals surface area contributed by atoms with Gasteiger partial charge in [0.15, 0.2) is 6.10 Å². The Morgan fingerprint density at radius 1 is 1.08 bits per heavy atom. The molecule has 1 atom stereocenters. The number of aryl methyl sites for hydroxylation is 1. The van der Waals surface area contributed by atoms with Gasteiger partial charge < -0.3 is 14.6 Å². The summed E-state index contributed by atoms with van der Waals surface area (Å²) in [5.74, 6) is -1.03. The van der Waals surface area contributed by atoms with Gasteiger partial charge in [0.1, 0.15) is 5.01 Å². The van der Waals surface area contributed by atoms with E-state index in [2.05, 4.69) is 10.00 Å². The largest absolute Gasteiger partial charge is 0.479 e. The third-order valence-electron chi connectivity index (χ3n) is 9.24. The predicted molar refractivity (Wildman–Crippen MR) is 184 cm³/mol. The zero-order valence-corrected chi connectivity index (χ0v) is 28.7. The van der Waals surface area contributed by atoms with Gasteiger partial charge in [-0.1, -0.05) is 23.7 Å². The van der Waals surface area contributed by atoms with Gasteiger partial charge in [-0.15, -0.1) is 11.3 Å². The van der Waals surface area contributed by atoms with Crippen LogP contribution in [-0.2, 0) is 14.3 Å². The number of halogens is 3. The summed E-state index contributed by atoms with van der Waals surface area (Å²) in [4.78, 5) is 20.1. The number of fused-ring (bicyclic) bond motifs is 2. The van der Waals surface area contributed by atoms with Gasteiger partial charge in [0.25, 0.3) is 0 Å². The summed E-state index contributed by atoms with van der Waals surface area (Å²) in [6.45, 7) is 7.86. The summed E-state index contributed by atoms with van der Waals surface area (Å²) >= 11 is 7.69. The molecule has 0 amide bonds. The molecule has 2 aliphatic rings. The molecule has 1 unspecified atom stereocenters. The molecule has 0 bridgehead atoms. The number of piperidine rings is 1. The molecule has 0 radical (unpaired) electrons. The second-order valence-electron chi connectivity index (χ2n) is 13.6. The first-order valence-electron chi connectivity index (χ1n) is 16.1. The molecule has 2 aliphatic heterocycles. The molecular weight excluding hydrogens is 658 g/mol. The van der Waals surface area contributed by atoms with Gasteiger partial charge in [-0.05, 0) is 101 Å². The molecule has 0 saturated carbocycles. The Morgan fingerprint density at radius 3 is 2.38 bits per heavy atom. The number of carbonyl (C=O) groups is 1. The highest BCUT2D eigenvalue weighted by Crippen LogP contribution is 2.45. The van der Waals surface area contributed by atoms with Crippen molar-refractivity contribution in [1.29, 1.82) is 0 Å². The number of likely N-dealkylation sites (tertiary alicyclic amines) is 1. The zero-order valence-electron chi connectivity index (χ0n) is 27.2. The van der Waals surface area contributed by atoms with Crippen LogP contribution in [0, 0.1) is 6.92 Å². The SMILES string of the molecule is Cc1cc2nc(-c3ccc4c(c3)c(C3CCN(C5COC5)CC3)nn4C(F)F)sc2c(-c2ccc(Cl)cc2)c1C(OC(C)(C)C)C(=O)O. The fraction of sp³-hybridized carbons (Fsp3) is 0.417. The van der Waals surface area contributed by atoms with Crippen LogP contribution in [0.15, 0.2) is 48.5 Å². The third kappa shape index (κ3) is 6.22. The fourth-order valence-corrected chi connectivity index (χ4v) is 8.13. The molecule has 2 saturated heterocycles. The number of carboxylic acid groups (broad SMARTS) is 1. The molecule has 4 heterocycles. The van der Waals surface area contributed by atoms with Crippen LogP contribution in [0.2, 0.25) is 5.02 Å². The minimum atomic E-state index is -2.76. The van der Waals surface area contributed by atoms with Crippen LogP contribution < -0.4 is 0 Å². The van der Waals surface area contributed by atoms with E-state index in [0.29, 0.717) is 43.7 Å². The minimum absolute atomic E-state index is 0.0628. The lowest BCUT2D eigenvalue weighted by Gasteiger charge is -2.41. The maximum absolute atomic E-state index is 14.2. The van der Waals surface area contributed by atoms with Crippen molar-refractivity contribution in [2.24, 2.45) is 0 Å². The van der Waals surface area contributed by atoms with E-state index in [-0.39, 0.29) is 5.92 Å². The van der Waals surface area contributed by atoms with E-state index in [4.69, 9.17) is 26.1 Å². The summed E-state index contributed by atoms with van der Waals surface area (Å²) in [5, 5.41) is 16.8. The number of hydrogen-bond acceptors (Lipinski definition) is 7. The smallest absolute Gasteiger partial charge is 0.337 e. The van der Waals surface area contributed by atoms with E-state index in [1.54, 1.807) is 18.2 Å². The average Bonchev–Trinajstić information content (AvgIpc) is 3.60. The maximum Gasteiger partial charge on any atom is 0.337 e. The Bertz CT molecular complexity index is 1990. The molecule has 12 heteroatoms. The van der Waals surface area contributed by atoms with Gasteiger partial charge in [-0.25, -0.2) is 14.5 Å². The van der Waals surface area contributed by atoms with Crippen LogP contribution in [0.5, 0.6) is 0 Å². The van der Waals surface area contributed by atoms with Crippen LogP contribution in [0.3, 0.4) is 0 Å². The summed E-state index contributed by atoms with van der Waals surface area (Å²) in [7, 11) is 0. The molecule has 3 aromatic carbocycles. The molecule has 252 valence electrons. The summed E-state index contributed by atoms with van der Waals surface area (Å²) < 4.78 is 41.5. The molecule has 8 nitrogen and oxygen atoms in total. The molecule has 48 heavy (non-hydrogen) atoms. The van der Waals surface area contributed by atoms with Crippen molar-refractivity contribution in [3.63, 3.8) is 0 Å². The monoisotopic (exact) mass is 694 g/mol. The number of benzene rings is 3. The Balaban J connectivity index is 1.35. The van der Waals surface area contributed by atoms with E-state index in [1.807, 2.05) is 58.0 Å². The molecule has 1 N–H and O–H groups in total. The Kier molecular flexibility index (Phi) is 8.78. The minimum Gasteiger partial charge on any atom is -0.479 e. The Morgan fingerprint density at radius 2 is 1.77 bits per heavy atom. The predicted octanol–water partition coefficient (Wildman–Crippen LogP) is 8.86. The number of ether oxygens (including phenoxy) is 2. The summed E-state index contributed by atoms with van der Waals surface area (Å²) in [6, 6.07) is 15.1. The van der Waals surface area contributed by atoms with Gasteiger partial charge in [0.2, 0.25) is 0 Å². The number of thiazole rings is 1. The van der Waals surface area contributed by atoms with E-state index in [9.17, 15) is 18.7 Å². The van der Waals surface area contributed by atoms with E-state index in [1.165, 1.54) is 11.3 Å². The number of nitrogens with zero attached hydrogens (tertiary/aromatic N) is 4. The molecule has 5 aromatic rings. The van der Waals surface area contributed by atoms with E-state index >= 15 is 0 Å². The van der Waals surface area contributed by atoms with Gasteiger partial charge >= 0.3 is 12.5 Å². The average molecular weight is 695 g/mol. The maximum atomic E-state index is 14.2. The first-order valence-corrected chi connectivity index (χ1v) is 17.3. The molecule has 2 aromatic heterocycles. The topological polar surface area (TPSA) is 89.7 Å². The molecule has 0 aliphatic carbocycles. The van der Waals surface area contributed by atoms with Gasteiger partial charge in [0, 0.05) is 33.0 Å². The lowest BCUT2D eigenvalue weighted by atomic mass is 9.90. The van der Waals surface area contributed by atoms with E-state index in [0.717, 1.165) is 70.8 Å². The molecular formula is C36H37ClF2N4O4S. The Hall–Kier alpha value is -3.48. The van der Waals surface area contributed by atoms with Gasteiger partial charge in [-0.2, -0.15) is 13.9 Å². The fourth-order valence-electron chi connectivity index (χ4n) is 6.88. The van der Waals surface area contributed by atoms with Crippen molar-refractivity contribution in [2.75, 3.05) is 26.3 Å². The molecule has 0 spiro atoms. The van der Waals surface area contributed by atoms with Crippen LogP contribution in [0.1, 0.15) is 69.0 Å². The highest BCUT2D eigenvalue weighted by atomic mass is 35.5. The number of alkyl halides is 2. The van der Waals surface area contributed by atoms with Crippen LogP contribution in [0.25, 0.3) is 42.8 Å². The number of carboxylic acids is 1. The zero-order chi connectivity index (χ0) is 33.9. The summed E-state index contributed by atoms with van der Waals surface area (Å²) in [5.41, 5.74) is 4.65. The van der Waals surface area contributed by atoms with Crippen LogP contribution in [0.4, 0.5) is 8.78 Å². The normalized spacial score (nSPS) is 17.4. The van der Waals surface area contributed by atoms with Crippen molar-refractivity contribution in [2.45, 2.75) is 70.8 Å². The first-order chi connectivity index (χ1) is 22.9. The lowest BCUT2D eigenvalue weighted by molar-refractivity contribution is -0.160. The third-order valence-corrected chi connectivity index (χ3v) is 10.6. The van der Waals surface area contributed by atoms with E-state index < -0.39 is 24.2 Å². The standard InChI is InChI=1S/C36H37ClF2N4O4S/c1-19-15-26-32(29(20-5-8-23(37)9-6-20)28(19)31(34(44)45)47-36(2,3)4)48-33(40-26)22-7-10-27-25(16-22)30(41-43(27)35(38)39)21-11-13-42(14-12-21)24-17-46-18-24/h5-10,15-16,21,24,31,35H,11-14,17-18H2,1-4H3,(H,44,45).